The van der Waals surface area contributed by atoms with Gasteiger partial charge in [0.25, 0.3) is 0 Å². The lowest BCUT2D eigenvalue weighted by Crippen LogP contribution is -2.26. The number of amides is 1. The number of nitrogens with two attached hydrogens (primary N) is 1. The van der Waals surface area contributed by atoms with Crippen molar-refractivity contribution in [1.82, 2.24) is 0 Å². The van der Waals surface area contributed by atoms with Gasteiger partial charge in [0, 0.05) is 17.5 Å². The number of benzene rings is 1. The second-order valence-corrected chi connectivity index (χ2v) is 7.94. The molecule has 0 atom stereocenters. The SMILES string of the molecule is CC(C)(C)c1cc(CCC(=O)O)c(C(N)=O)c(C(C)(C)C)c1O. The quantitative estimate of drug-likeness (QED) is 0.793. The van der Waals surface area contributed by atoms with Gasteiger partial charge in [0.2, 0.25) is 5.91 Å². The zero-order valence-corrected chi connectivity index (χ0v) is 14.8. The Kier molecular flexibility index (Phi) is 5.14. The van der Waals surface area contributed by atoms with Crippen molar-refractivity contribution in [3.8, 4) is 5.75 Å². The van der Waals surface area contributed by atoms with Crippen LogP contribution in [-0.2, 0) is 22.0 Å². The Morgan fingerprint density at radius 1 is 1.09 bits per heavy atom. The van der Waals surface area contributed by atoms with Gasteiger partial charge in [-0.3, -0.25) is 9.59 Å². The molecule has 128 valence electrons. The largest absolute Gasteiger partial charge is 0.507 e. The topological polar surface area (TPSA) is 101 Å². The molecule has 5 nitrogen and oxygen atoms in total. The Labute approximate surface area is 137 Å². The van der Waals surface area contributed by atoms with Crippen LogP contribution in [0, 0.1) is 0 Å². The average molecular weight is 321 g/mol. The fourth-order valence-corrected chi connectivity index (χ4v) is 2.75. The summed E-state index contributed by atoms with van der Waals surface area (Å²) in [4.78, 5) is 22.9. The molecular weight excluding hydrogens is 294 g/mol. The van der Waals surface area contributed by atoms with Crippen LogP contribution in [0.1, 0.15) is 75.0 Å². The van der Waals surface area contributed by atoms with Crippen molar-refractivity contribution in [3.63, 3.8) is 0 Å². The highest BCUT2D eigenvalue weighted by Gasteiger charge is 2.32. The maximum atomic E-state index is 12.0. The number of phenolic OH excluding ortho intramolecular Hbond substituents is 1. The Hall–Kier alpha value is -2.04. The molecule has 0 unspecified atom stereocenters. The van der Waals surface area contributed by atoms with Gasteiger partial charge in [-0.15, -0.1) is 0 Å². The van der Waals surface area contributed by atoms with Crippen LogP contribution in [0.2, 0.25) is 0 Å². The number of rotatable bonds is 4. The van der Waals surface area contributed by atoms with Crippen molar-refractivity contribution in [1.29, 1.82) is 0 Å². The molecule has 0 aromatic heterocycles. The molecule has 1 aromatic rings. The van der Waals surface area contributed by atoms with Gasteiger partial charge >= 0.3 is 5.97 Å². The third kappa shape index (κ3) is 4.24. The molecule has 4 N–H and O–H groups in total. The lowest BCUT2D eigenvalue weighted by Gasteiger charge is -2.30. The number of carboxylic acid groups (broad SMARTS) is 1. The molecule has 1 amide bonds. The van der Waals surface area contributed by atoms with Crippen molar-refractivity contribution in [3.05, 3.63) is 28.3 Å². The molecule has 0 aliphatic rings. The van der Waals surface area contributed by atoms with Crippen LogP contribution >= 0.6 is 0 Å². The van der Waals surface area contributed by atoms with Crippen molar-refractivity contribution < 1.29 is 19.8 Å². The van der Waals surface area contributed by atoms with Gasteiger partial charge in [-0.05, 0) is 28.4 Å². The Morgan fingerprint density at radius 2 is 1.61 bits per heavy atom. The van der Waals surface area contributed by atoms with Gasteiger partial charge in [-0.25, -0.2) is 0 Å². The number of hydrogen-bond acceptors (Lipinski definition) is 3. The van der Waals surface area contributed by atoms with Gasteiger partial charge in [-0.2, -0.15) is 0 Å². The van der Waals surface area contributed by atoms with Crippen molar-refractivity contribution in [2.24, 2.45) is 5.73 Å². The maximum absolute atomic E-state index is 12.0. The van der Waals surface area contributed by atoms with Crippen LogP contribution in [0.15, 0.2) is 6.07 Å². The summed E-state index contributed by atoms with van der Waals surface area (Å²) in [6, 6.07) is 1.72. The van der Waals surface area contributed by atoms with E-state index in [0.717, 1.165) is 0 Å². The van der Waals surface area contributed by atoms with Crippen LogP contribution in [0.3, 0.4) is 0 Å². The number of primary amides is 1. The van der Waals surface area contributed by atoms with E-state index >= 15 is 0 Å². The molecule has 1 rings (SSSR count). The highest BCUT2D eigenvalue weighted by molar-refractivity contribution is 5.97. The van der Waals surface area contributed by atoms with Gasteiger partial charge in [0.1, 0.15) is 5.75 Å². The second-order valence-electron chi connectivity index (χ2n) is 7.94. The number of aromatic hydroxyl groups is 1. The van der Waals surface area contributed by atoms with E-state index in [0.29, 0.717) is 16.7 Å². The number of carboxylic acids is 1. The van der Waals surface area contributed by atoms with Gasteiger partial charge in [0.05, 0.1) is 0 Å². The predicted molar refractivity (Wildman–Crippen MR) is 90.0 cm³/mol. The molecule has 0 fully saturated rings. The Morgan fingerprint density at radius 3 is 1.96 bits per heavy atom. The highest BCUT2D eigenvalue weighted by atomic mass is 16.4. The predicted octanol–water partition coefficient (Wildman–Crippen LogP) is 3.10. The Bertz CT molecular complexity index is 634. The number of carbonyl (C=O) groups excluding carboxylic acids is 1. The van der Waals surface area contributed by atoms with Crippen LogP contribution in [0.25, 0.3) is 0 Å². The summed E-state index contributed by atoms with van der Waals surface area (Å²) in [5, 5.41) is 19.7. The molecular formula is C18H27NO4. The lowest BCUT2D eigenvalue weighted by molar-refractivity contribution is -0.136. The molecule has 0 saturated heterocycles. The molecule has 0 aliphatic carbocycles. The van der Waals surface area contributed by atoms with Crippen LogP contribution in [0.4, 0.5) is 0 Å². The van der Waals surface area contributed by atoms with E-state index in [-0.39, 0.29) is 29.6 Å². The first kappa shape index (κ1) is 19.0. The van der Waals surface area contributed by atoms with E-state index in [1.54, 1.807) is 6.07 Å². The third-order valence-corrected chi connectivity index (χ3v) is 3.79. The number of hydrogen-bond donors (Lipinski definition) is 3. The molecule has 23 heavy (non-hydrogen) atoms. The van der Waals surface area contributed by atoms with Gasteiger partial charge < -0.3 is 15.9 Å². The highest BCUT2D eigenvalue weighted by Crippen LogP contribution is 2.42. The standard InChI is InChI=1S/C18H27NO4/c1-17(2,3)11-9-10(7-8-12(20)21)13(16(19)23)14(15(11)22)18(4,5)6/h9,22H,7-8H2,1-6H3,(H2,19,23)(H,20,21). The molecule has 0 aliphatic heterocycles. The molecule has 0 saturated carbocycles. The summed E-state index contributed by atoms with van der Waals surface area (Å²) >= 11 is 0. The Balaban J connectivity index is 3.80. The third-order valence-electron chi connectivity index (χ3n) is 3.79. The number of aryl methyl sites for hydroxylation is 1. The zero-order valence-electron chi connectivity index (χ0n) is 14.8. The minimum atomic E-state index is -0.942. The first-order chi connectivity index (χ1) is 10.3. The minimum absolute atomic E-state index is 0.0675. The van der Waals surface area contributed by atoms with Crippen LogP contribution in [0.5, 0.6) is 5.75 Å². The fraction of sp³-hybridized carbons (Fsp3) is 0.556. The number of carbonyl (C=O) groups is 2. The summed E-state index contributed by atoms with van der Waals surface area (Å²) in [6.07, 6.45) is 0.0955. The summed E-state index contributed by atoms with van der Waals surface area (Å²) in [5.41, 5.74) is 6.68. The van der Waals surface area contributed by atoms with Crippen molar-refractivity contribution in [2.75, 3.05) is 0 Å². The van der Waals surface area contributed by atoms with Crippen molar-refractivity contribution >= 4 is 11.9 Å². The summed E-state index contributed by atoms with van der Waals surface area (Å²) in [6.45, 7) is 11.5. The van der Waals surface area contributed by atoms with Crippen LogP contribution in [-0.4, -0.2) is 22.1 Å². The van der Waals surface area contributed by atoms with Gasteiger partial charge in [0.15, 0.2) is 0 Å². The molecule has 0 bridgehead atoms. The van der Waals surface area contributed by atoms with Crippen molar-refractivity contribution in [2.45, 2.75) is 65.2 Å². The summed E-state index contributed by atoms with van der Waals surface area (Å²) < 4.78 is 0. The van der Waals surface area contributed by atoms with E-state index in [9.17, 15) is 14.7 Å². The average Bonchev–Trinajstić information content (AvgIpc) is 2.32. The first-order valence-corrected chi connectivity index (χ1v) is 7.68. The fourth-order valence-electron chi connectivity index (χ4n) is 2.75. The van der Waals surface area contributed by atoms with Gasteiger partial charge in [-0.1, -0.05) is 47.6 Å². The van der Waals surface area contributed by atoms with E-state index in [2.05, 4.69) is 0 Å². The van der Waals surface area contributed by atoms with E-state index in [1.165, 1.54) is 0 Å². The second kappa shape index (κ2) is 6.22. The normalized spacial score (nSPS) is 12.3. The molecule has 5 heteroatoms. The van der Waals surface area contributed by atoms with Crippen LogP contribution < -0.4 is 5.73 Å². The molecule has 0 heterocycles. The monoisotopic (exact) mass is 321 g/mol. The van der Waals surface area contributed by atoms with E-state index in [1.807, 2.05) is 41.5 Å². The van der Waals surface area contributed by atoms with E-state index in [4.69, 9.17) is 10.8 Å². The smallest absolute Gasteiger partial charge is 0.303 e. The molecule has 0 spiro atoms. The number of aliphatic carboxylic acids is 1. The van der Waals surface area contributed by atoms with E-state index < -0.39 is 17.3 Å². The lowest BCUT2D eigenvalue weighted by atomic mass is 9.75. The minimum Gasteiger partial charge on any atom is -0.507 e. The molecule has 1 aromatic carbocycles. The summed E-state index contributed by atoms with van der Waals surface area (Å²) in [7, 11) is 0. The maximum Gasteiger partial charge on any atom is 0.303 e. The molecule has 0 radical (unpaired) electrons. The first-order valence-electron chi connectivity index (χ1n) is 7.68. The number of phenols is 1. The zero-order chi connectivity index (χ0) is 18.2. The summed E-state index contributed by atoms with van der Waals surface area (Å²) in [5.74, 6) is -1.52.